The molecule has 0 radical (unpaired) electrons. The van der Waals surface area contributed by atoms with E-state index in [1.807, 2.05) is 51.2 Å². The third-order valence-electron chi connectivity index (χ3n) is 3.80. The SMILES string of the molecule is Cc1onc(-c2ccccc2)c1CNC(=O)c1cc(C)n(C)n1. The highest BCUT2D eigenvalue weighted by molar-refractivity contribution is 5.92. The van der Waals surface area contributed by atoms with Crippen LogP contribution in [0.1, 0.15) is 27.5 Å². The van der Waals surface area contributed by atoms with Crippen LogP contribution in [0.5, 0.6) is 0 Å². The second-order valence-electron chi connectivity index (χ2n) is 5.41. The van der Waals surface area contributed by atoms with Gasteiger partial charge in [0.15, 0.2) is 0 Å². The van der Waals surface area contributed by atoms with Gasteiger partial charge in [-0.3, -0.25) is 9.48 Å². The van der Waals surface area contributed by atoms with Crippen molar-refractivity contribution in [2.24, 2.45) is 7.05 Å². The van der Waals surface area contributed by atoms with Gasteiger partial charge < -0.3 is 9.84 Å². The van der Waals surface area contributed by atoms with E-state index in [9.17, 15) is 4.79 Å². The molecule has 2 aromatic heterocycles. The maximum atomic E-state index is 12.2. The Morgan fingerprint density at radius 1 is 1.26 bits per heavy atom. The molecular weight excluding hydrogens is 292 g/mol. The van der Waals surface area contributed by atoms with Gasteiger partial charge in [-0.1, -0.05) is 35.5 Å². The lowest BCUT2D eigenvalue weighted by Gasteiger charge is -2.04. The molecule has 23 heavy (non-hydrogen) atoms. The van der Waals surface area contributed by atoms with Gasteiger partial charge in [0.2, 0.25) is 0 Å². The molecule has 0 aliphatic carbocycles. The zero-order valence-corrected chi connectivity index (χ0v) is 13.3. The maximum Gasteiger partial charge on any atom is 0.272 e. The minimum atomic E-state index is -0.215. The Morgan fingerprint density at radius 2 is 2.00 bits per heavy atom. The van der Waals surface area contributed by atoms with Crippen LogP contribution in [-0.2, 0) is 13.6 Å². The van der Waals surface area contributed by atoms with Crippen molar-refractivity contribution in [2.45, 2.75) is 20.4 Å². The number of amides is 1. The molecule has 0 unspecified atom stereocenters. The molecule has 0 aliphatic heterocycles. The molecule has 1 amide bonds. The van der Waals surface area contributed by atoms with Crippen LogP contribution in [0.2, 0.25) is 0 Å². The van der Waals surface area contributed by atoms with Gasteiger partial charge in [-0.15, -0.1) is 0 Å². The number of aromatic nitrogens is 3. The number of hydrogen-bond donors (Lipinski definition) is 1. The first-order chi connectivity index (χ1) is 11.1. The molecule has 6 heteroatoms. The number of nitrogens with one attached hydrogen (secondary N) is 1. The van der Waals surface area contributed by atoms with Gasteiger partial charge in [-0.2, -0.15) is 5.10 Å². The van der Waals surface area contributed by atoms with Crippen LogP contribution in [0.3, 0.4) is 0 Å². The quantitative estimate of drug-likeness (QED) is 0.804. The lowest BCUT2D eigenvalue weighted by molar-refractivity contribution is 0.0945. The standard InChI is InChI=1S/C17H18N4O2/c1-11-9-15(19-21(11)3)17(22)18-10-14-12(2)23-20-16(14)13-7-5-4-6-8-13/h4-9H,10H2,1-3H3,(H,18,22). The van der Waals surface area contributed by atoms with Crippen molar-refractivity contribution in [2.75, 3.05) is 0 Å². The van der Waals surface area contributed by atoms with Gasteiger partial charge in [0.05, 0.1) is 0 Å². The van der Waals surface area contributed by atoms with Crippen molar-refractivity contribution in [3.05, 3.63) is 59.1 Å². The summed E-state index contributed by atoms with van der Waals surface area (Å²) in [4.78, 5) is 12.2. The molecule has 0 bridgehead atoms. The van der Waals surface area contributed by atoms with Gasteiger partial charge in [-0.05, 0) is 19.9 Å². The molecule has 2 heterocycles. The van der Waals surface area contributed by atoms with E-state index < -0.39 is 0 Å². The first-order valence-corrected chi connectivity index (χ1v) is 7.35. The average Bonchev–Trinajstić information content (AvgIpc) is 3.09. The van der Waals surface area contributed by atoms with Crippen LogP contribution in [0.4, 0.5) is 0 Å². The normalized spacial score (nSPS) is 10.7. The van der Waals surface area contributed by atoms with Gasteiger partial charge in [0, 0.05) is 30.4 Å². The molecular formula is C17H18N4O2. The Hall–Kier alpha value is -2.89. The van der Waals surface area contributed by atoms with E-state index in [0.717, 1.165) is 22.5 Å². The molecule has 0 fully saturated rings. The predicted molar refractivity (Wildman–Crippen MR) is 85.8 cm³/mol. The topological polar surface area (TPSA) is 73.0 Å². The van der Waals surface area contributed by atoms with Crippen LogP contribution in [0, 0.1) is 13.8 Å². The van der Waals surface area contributed by atoms with Crippen molar-refractivity contribution < 1.29 is 9.32 Å². The van der Waals surface area contributed by atoms with Crippen molar-refractivity contribution >= 4 is 5.91 Å². The van der Waals surface area contributed by atoms with E-state index in [-0.39, 0.29) is 5.91 Å². The highest BCUT2D eigenvalue weighted by Gasteiger charge is 2.17. The largest absolute Gasteiger partial charge is 0.361 e. The second kappa shape index (κ2) is 6.08. The first kappa shape index (κ1) is 15.0. The van der Waals surface area contributed by atoms with Crippen LogP contribution in [-0.4, -0.2) is 20.8 Å². The number of carbonyl (C=O) groups excluding carboxylic acids is 1. The molecule has 118 valence electrons. The Morgan fingerprint density at radius 3 is 2.65 bits per heavy atom. The molecule has 0 spiro atoms. The van der Waals surface area contributed by atoms with Crippen molar-refractivity contribution in [1.29, 1.82) is 0 Å². The summed E-state index contributed by atoms with van der Waals surface area (Å²) in [6.07, 6.45) is 0. The monoisotopic (exact) mass is 310 g/mol. The fourth-order valence-corrected chi connectivity index (χ4v) is 2.35. The number of hydrogen-bond acceptors (Lipinski definition) is 4. The second-order valence-corrected chi connectivity index (χ2v) is 5.41. The van der Waals surface area contributed by atoms with Gasteiger partial charge >= 0.3 is 0 Å². The van der Waals surface area contributed by atoms with E-state index in [4.69, 9.17) is 4.52 Å². The smallest absolute Gasteiger partial charge is 0.272 e. The average molecular weight is 310 g/mol. The molecule has 0 saturated carbocycles. The number of nitrogens with zero attached hydrogens (tertiary/aromatic N) is 3. The maximum absolute atomic E-state index is 12.2. The lowest BCUT2D eigenvalue weighted by atomic mass is 10.1. The number of aryl methyl sites for hydroxylation is 3. The van der Waals surface area contributed by atoms with Crippen LogP contribution < -0.4 is 5.32 Å². The molecule has 0 atom stereocenters. The summed E-state index contributed by atoms with van der Waals surface area (Å²) in [5, 5.41) is 11.2. The summed E-state index contributed by atoms with van der Waals surface area (Å²) < 4.78 is 6.97. The van der Waals surface area contributed by atoms with E-state index in [1.54, 1.807) is 10.7 Å². The Bertz CT molecular complexity index is 814. The minimum absolute atomic E-state index is 0.215. The van der Waals surface area contributed by atoms with Crippen molar-refractivity contribution in [3.8, 4) is 11.3 Å². The number of carbonyl (C=O) groups is 1. The third-order valence-corrected chi connectivity index (χ3v) is 3.80. The van der Waals surface area contributed by atoms with Crippen LogP contribution >= 0.6 is 0 Å². The van der Waals surface area contributed by atoms with Crippen molar-refractivity contribution in [1.82, 2.24) is 20.3 Å². The Labute approximate surface area is 134 Å². The van der Waals surface area contributed by atoms with E-state index >= 15 is 0 Å². The van der Waals surface area contributed by atoms with Crippen molar-refractivity contribution in [3.63, 3.8) is 0 Å². The first-order valence-electron chi connectivity index (χ1n) is 7.35. The highest BCUT2D eigenvalue weighted by atomic mass is 16.5. The summed E-state index contributed by atoms with van der Waals surface area (Å²) in [6, 6.07) is 11.5. The summed E-state index contributed by atoms with van der Waals surface area (Å²) in [5.74, 6) is 0.481. The fraction of sp³-hybridized carbons (Fsp3) is 0.235. The zero-order valence-electron chi connectivity index (χ0n) is 13.3. The van der Waals surface area contributed by atoms with Gasteiger partial charge in [0.25, 0.3) is 5.91 Å². The Kier molecular flexibility index (Phi) is 3.97. The summed E-state index contributed by atoms with van der Waals surface area (Å²) >= 11 is 0. The summed E-state index contributed by atoms with van der Waals surface area (Å²) in [6.45, 7) is 4.08. The van der Waals surface area contributed by atoms with E-state index in [1.165, 1.54) is 0 Å². The predicted octanol–water partition coefficient (Wildman–Crippen LogP) is 2.62. The third kappa shape index (κ3) is 3.01. The zero-order chi connectivity index (χ0) is 16.4. The molecule has 0 aliphatic rings. The highest BCUT2D eigenvalue weighted by Crippen LogP contribution is 2.24. The molecule has 0 saturated heterocycles. The summed E-state index contributed by atoms with van der Waals surface area (Å²) in [7, 11) is 1.81. The van der Waals surface area contributed by atoms with Gasteiger partial charge in [-0.25, -0.2) is 0 Å². The van der Waals surface area contributed by atoms with Crippen LogP contribution in [0.25, 0.3) is 11.3 Å². The summed E-state index contributed by atoms with van der Waals surface area (Å²) in [5.41, 5.74) is 3.92. The molecule has 3 rings (SSSR count). The molecule has 1 N–H and O–H groups in total. The molecule has 3 aromatic rings. The minimum Gasteiger partial charge on any atom is -0.361 e. The van der Waals surface area contributed by atoms with E-state index in [0.29, 0.717) is 18.0 Å². The van der Waals surface area contributed by atoms with Gasteiger partial charge in [0.1, 0.15) is 17.1 Å². The lowest BCUT2D eigenvalue weighted by Crippen LogP contribution is -2.23. The Balaban J connectivity index is 1.78. The fourth-order valence-electron chi connectivity index (χ4n) is 2.35. The molecule has 6 nitrogen and oxygen atoms in total. The van der Waals surface area contributed by atoms with E-state index in [2.05, 4.69) is 15.6 Å². The van der Waals surface area contributed by atoms with Crippen LogP contribution in [0.15, 0.2) is 40.9 Å². The number of rotatable bonds is 4. The molecule has 1 aromatic carbocycles. The number of benzene rings is 1.